The van der Waals surface area contributed by atoms with Gasteiger partial charge in [0, 0.05) is 23.7 Å². The first-order chi connectivity index (χ1) is 15.1. The number of phenolic OH excluding ortho intramolecular Hbond substituents is 1. The van der Waals surface area contributed by atoms with Gasteiger partial charge in [0.05, 0.1) is 29.6 Å². The number of aromatic nitrogens is 3. The molecule has 0 amide bonds. The topological polar surface area (TPSA) is 83.8 Å². The molecule has 0 saturated heterocycles. The molecule has 3 heterocycles. The van der Waals surface area contributed by atoms with Crippen molar-refractivity contribution in [3.8, 4) is 22.9 Å². The number of hydrogen-bond donors (Lipinski definition) is 2. The van der Waals surface area contributed by atoms with Crippen LogP contribution < -0.4 is 0 Å². The number of benzene rings is 2. The number of fused-ring (bicyclic) bond motifs is 1. The average Bonchev–Trinajstić information content (AvgIpc) is 3.40. The summed E-state index contributed by atoms with van der Waals surface area (Å²) in [6.45, 7) is 0. The number of phenols is 1. The lowest BCUT2D eigenvalue weighted by atomic mass is 9.97. The van der Waals surface area contributed by atoms with Crippen LogP contribution in [0.5, 0.6) is 11.6 Å². The van der Waals surface area contributed by atoms with E-state index in [4.69, 9.17) is 16.0 Å². The Balaban J connectivity index is 1.60. The molecular weight excluding hydrogens is 414 g/mol. The predicted octanol–water partition coefficient (Wildman–Crippen LogP) is 5.24. The molecule has 0 saturated carbocycles. The molecular formula is C24H18ClN3O3. The van der Waals surface area contributed by atoms with E-state index in [0.29, 0.717) is 51.8 Å². The molecule has 7 heteroatoms. The van der Waals surface area contributed by atoms with Gasteiger partial charge in [-0.3, -0.25) is 9.38 Å². The Morgan fingerprint density at radius 1 is 0.968 bits per heavy atom. The molecule has 0 radical (unpaired) electrons. The first-order valence-electron chi connectivity index (χ1n) is 9.73. The molecule has 154 valence electrons. The van der Waals surface area contributed by atoms with Crippen LogP contribution in [0.1, 0.15) is 22.6 Å². The van der Waals surface area contributed by atoms with Crippen LogP contribution in [-0.2, 0) is 12.8 Å². The second-order valence-electron chi connectivity index (χ2n) is 7.22. The molecule has 31 heavy (non-hydrogen) atoms. The quantitative estimate of drug-likeness (QED) is 0.398. The van der Waals surface area contributed by atoms with Crippen LogP contribution in [-0.4, -0.2) is 24.6 Å². The average molecular weight is 432 g/mol. The summed E-state index contributed by atoms with van der Waals surface area (Å²) in [5.41, 5.74) is 3.84. The number of aromatic hydroxyl groups is 2. The van der Waals surface area contributed by atoms with Crippen molar-refractivity contribution in [2.75, 3.05) is 0 Å². The van der Waals surface area contributed by atoms with E-state index < -0.39 is 0 Å². The van der Waals surface area contributed by atoms with E-state index >= 15 is 0 Å². The van der Waals surface area contributed by atoms with Gasteiger partial charge in [0.15, 0.2) is 5.65 Å². The Labute approximate surface area is 183 Å². The summed E-state index contributed by atoms with van der Waals surface area (Å²) in [5, 5.41) is 21.8. The van der Waals surface area contributed by atoms with E-state index in [1.165, 1.54) is 0 Å². The molecule has 2 N–H and O–H groups in total. The molecule has 3 aromatic heterocycles. The number of halogens is 1. The maximum Gasteiger partial charge on any atom is 0.219 e. The van der Waals surface area contributed by atoms with Gasteiger partial charge < -0.3 is 14.6 Å². The van der Waals surface area contributed by atoms with Gasteiger partial charge in [-0.25, -0.2) is 4.98 Å². The molecule has 0 bridgehead atoms. The number of rotatable bonds is 5. The monoisotopic (exact) mass is 431 g/mol. The Kier molecular flexibility index (Phi) is 4.84. The molecule has 0 aliphatic rings. The summed E-state index contributed by atoms with van der Waals surface area (Å²) >= 11 is 6.54. The summed E-state index contributed by atoms with van der Waals surface area (Å²) < 4.78 is 6.92. The van der Waals surface area contributed by atoms with Crippen molar-refractivity contribution in [2.45, 2.75) is 12.8 Å². The lowest BCUT2D eigenvalue weighted by Crippen LogP contribution is -1.98. The molecule has 6 nitrogen and oxygen atoms in total. The summed E-state index contributed by atoms with van der Waals surface area (Å²) in [6, 6.07) is 16.7. The smallest absolute Gasteiger partial charge is 0.219 e. The highest BCUT2D eigenvalue weighted by molar-refractivity contribution is 6.33. The maximum atomic E-state index is 10.7. The van der Waals surface area contributed by atoms with Crippen molar-refractivity contribution in [1.29, 1.82) is 0 Å². The molecule has 5 aromatic rings. The molecule has 0 spiro atoms. The minimum absolute atomic E-state index is 0.0101. The third-order valence-electron chi connectivity index (χ3n) is 5.19. The van der Waals surface area contributed by atoms with Crippen LogP contribution in [0.3, 0.4) is 0 Å². The van der Waals surface area contributed by atoms with E-state index in [2.05, 4.69) is 9.97 Å². The number of furan rings is 1. The third-order valence-corrected chi connectivity index (χ3v) is 5.51. The zero-order valence-electron chi connectivity index (χ0n) is 16.4. The SMILES string of the molecule is Oc1ccc(Cl)c(-c2cn3c(O)c(Cc4ccco4)nc3cn2)c1Cc1ccccc1. The van der Waals surface area contributed by atoms with Crippen molar-refractivity contribution in [3.63, 3.8) is 0 Å². The van der Waals surface area contributed by atoms with Gasteiger partial charge in [-0.2, -0.15) is 0 Å². The van der Waals surface area contributed by atoms with Crippen LogP contribution in [0, 0.1) is 0 Å². The third kappa shape index (κ3) is 3.62. The lowest BCUT2D eigenvalue weighted by Gasteiger charge is -2.14. The van der Waals surface area contributed by atoms with Crippen LogP contribution in [0.25, 0.3) is 16.9 Å². The van der Waals surface area contributed by atoms with Crippen LogP contribution in [0.4, 0.5) is 0 Å². The molecule has 2 aromatic carbocycles. The maximum absolute atomic E-state index is 10.7. The summed E-state index contributed by atoms with van der Waals surface area (Å²) in [6.07, 6.45) is 5.69. The summed E-state index contributed by atoms with van der Waals surface area (Å²) in [4.78, 5) is 8.98. The molecule has 5 rings (SSSR count). The first kappa shape index (κ1) is 19.2. The van der Waals surface area contributed by atoms with Gasteiger partial charge in [0.1, 0.15) is 17.2 Å². The second-order valence-corrected chi connectivity index (χ2v) is 7.63. The Bertz CT molecular complexity index is 1360. The second kappa shape index (κ2) is 7.81. The number of nitrogens with zero attached hydrogens (tertiary/aromatic N) is 3. The van der Waals surface area contributed by atoms with Gasteiger partial charge >= 0.3 is 0 Å². The van der Waals surface area contributed by atoms with Gasteiger partial charge in [-0.1, -0.05) is 41.9 Å². The van der Waals surface area contributed by atoms with Crippen molar-refractivity contribution in [3.05, 3.63) is 101 Å². The van der Waals surface area contributed by atoms with E-state index in [1.807, 2.05) is 36.4 Å². The number of hydrogen-bond acceptors (Lipinski definition) is 5. The Hall–Kier alpha value is -3.77. The summed E-state index contributed by atoms with van der Waals surface area (Å²) in [7, 11) is 0. The fourth-order valence-electron chi connectivity index (χ4n) is 3.68. The standard InChI is InChI=1S/C24H18ClN3O3/c25-18-8-9-21(29)17(11-15-5-2-1-3-6-15)23(18)20-14-28-22(13-26-20)27-19(24(28)30)12-16-7-4-10-31-16/h1-10,13-14,29-30H,11-12H2. The highest BCUT2D eigenvalue weighted by Gasteiger charge is 2.19. The van der Waals surface area contributed by atoms with E-state index in [9.17, 15) is 10.2 Å². The largest absolute Gasteiger partial charge is 0.508 e. The minimum Gasteiger partial charge on any atom is -0.508 e. The normalized spacial score (nSPS) is 11.3. The van der Waals surface area contributed by atoms with E-state index in [1.54, 1.807) is 41.3 Å². The fraction of sp³-hybridized carbons (Fsp3) is 0.0833. The molecule has 0 aliphatic carbocycles. The van der Waals surface area contributed by atoms with Gasteiger partial charge in [-0.15, -0.1) is 0 Å². The van der Waals surface area contributed by atoms with Gasteiger partial charge in [-0.05, 0) is 29.8 Å². The predicted molar refractivity (Wildman–Crippen MR) is 118 cm³/mol. The van der Waals surface area contributed by atoms with Crippen molar-refractivity contribution >= 4 is 17.2 Å². The summed E-state index contributed by atoms with van der Waals surface area (Å²) in [5.74, 6) is 0.850. The van der Waals surface area contributed by atoms with Gasteiger partial charge in [0.2, 0.25) is 5.88 Å². The molecule has 0 aliphatic heterocycles. The number of imidazole rings is 1. The highest BCUT2D eigenvalue weighted by Crippen LogP contribution is 2.37. The van der Waals surface area contributed by atoms with Crippen molar-refractivity contribution in [2.24, 2.45) is 0 Å². The molecule has 0 fully saturated rings. The van der Waals surface area contributed by atoms with Crippen LogP contribution >= 0.6 is 11.6 Å². The lowest BCUT2D eigenvalue weighted by molar-refractivity contribution is 0.438. The van der Waals surface area contributed by atoms with E-state index in [0.717, 1.165) is 5.56 Å². The zero-order valence-corrected chi connectivity index (χ0v) is 17.1. The van der Waals surface area contributed by atoms with E-state index in [-0.39, 0.29) is 11.6 Å². The van der Waals surface area contributed by atoms with Crippen molar-refractivity contribution < 1.29 is 14.6 Å². The van der Waals surface area contributed by atoms with Crippen molar-refractivity contribution in [1.82, 2.24) is 14.4 Å². The van der Waals surface area contributed by atoms with Gasteiger partial charge in [0.25, 0.3) is 0 Å². The Morgan fingerprint density at radius 2 is 1.81 bits per heavy atom. The zero-order chi connectivity index (χ0) is 21.4. The van der Waals surface area contributed by atoms with Crippen LogP contribution in [0.2, 0.25) is 5.02 Å². The molecule has 0 unspecified atom stereocenters. The Morgan fingerprint density at radius 3 is 2.58 bits per heavy atom. The molecule has 0 atom stereocenters. The first-order valence-corrected chi connectivity index (χ1v) is 10.1. The minimum atomic E-state index is 0.0101. The highest BCUT2D eigenvalue weighted by atomic mass is 35.5. The fourth-order valence-corrected chi connectivity index (χ4v) is 3.95. The van der Waals surface area contributed by atoms with Crippen LogP contribution in [0.15, 0.2) is 77.7 Å².